The first kappa shape index (κ1) is 4.78. The summed E-state index contributed by atoms with van der Waals surface area (Å²) in [5, 5.41) is 5.13. The van der Waals surface area contributed by atoms with Crippen LogP contribution in [0.25, 0.3) is 0 Å². The van der Waals surface area contributed by atoms with E-state index >= 15 is 0 Å². The first-order valence-corrected chi connectivity index (χ1v) is 3.22. The summed E-state index contributed by atoms with van der Waals surface area (Å²) in [6, 6.07) is 0. The van der Waals surface area contributed by atoms with Crippen molar-refractivity contribution in [1.82, 2.24) is 5.32 Å². The topological polar surface area (TPSA) is 12.0 Å². The molecule has 0 aromatic carbocycles. The second kappa shape index (κ2) is 2.75. The van der Waals surface area contributed by atoms with E-state index < -0.39 is 0 Å². The van der Waals surface area contributed by atoms with Crippen molar-refractivity contribution in [3.63, 3.8) is 0 Å². The summed E-state index contributed by atoms with van der Waals surface area (Å²) >= 11 is 1.76. The highest BCUT2D eigenvalue weighted by Gasteiger charge is 1.78. The van der Waals surface area contributed by atoms with Gasteiger partial charge in [-0.2, -0.15) is 0 Å². The van der Waals surface area contributed by atoms with E-state index in [2.05, 4.69) is 10.7 Å². The number of nitrogens with one attached hydrogen (secondary N) is 1. The van der Waals surface area contributed by atoms with Crippen molar-refractivity contribution in [2.75, 3.05) is 5.88 Å². The highest BCUT2D eigenvalue weighted by molar-refractivity contribution is 8.02. The van der Waals surface area contributed by atoms with Gasteiger partial charge in [-0.15, -0.1) is 11.8 Å². The lowest BCUT2D eigenvalue weighted by atomic mass is 10.6. The second-order valence-electron chi connectivity index (χ2n) is 1.20. The third-order valence-electron chi connectivity index (χ3n) is 0.667. The van der Waals surface area contributed by atoms with E-state index in [1.165, 1.54) is 0 Å². The number of hydrogen-bond donors (Lipinski definition) is 1. The van der Waals surface area contributed by atoms with Crippen LogP contribution >= 0.6 is 11.8 Å². The van der Waals surface area contributed by atoms with Crippen LogP contribution in [0.1, 0.15) is 0 Å². The van der Waals surface area contributed by atoms with Crippen LogP contribution in [0.5, 0.6) is 0 Å². The fourth-order valence-electron chi connectivity index (χ4n) is 0.369. The van der Waals surface area contributed by atoms with Crippen LogP contribution < -0.4 is 5.32 Å². The highest BCUT2D eigenvalue weighted by atomic mass is 32.2. The molecule has 0 fully saturated rings. The summed E-state index contributed by atoms with van der Waals surface area (Å²) in [5.41, 5.74) is 0. The van der Waals surface area contributed by atoms with Gasteiger partial charge in [0.05, 0.1) is 5.88 Å². The van der Waals surface area contributed by atoms with Gasteiger partial charge in [-0.05, 0) is 17.7 Å². The van der Waals surface area contributed by atoms with Gasteiger partial charge in [-0.1, -0.05) is 6.08 Å². The third-order valence-corrected chi connectivity index (χ3v) is 1.35. The molecule has 0 spiro atoms. The molecule has 0 radical (unpaired) electrons. The average Bonchev–Trinajstić information content (AvgIpc) is 1.90. The quantitative estimate of drug-likeness (QED) is 0.508. The van der Waals surface area contributed by atoms with Gasteiger partial charge in [0.25, 0.3) is 0 Å². The average molecular weight is 113 g/mol. The second-order valence-corrected chi connectivity index (χ2v) is 2.10. The number of thioether (sulfide) groups is 1. The molecule has 38 valence electrons. The molecule has 1 aliphatic rings. The van der Waals surface area contributed by atoms with Crippen LogP contribution in [-0.2, 0) is 0 Å². The van der Waals surface area contributed by atoms with Crippen molar-refractivity contribution >= 4 is 11.8 Å². The van der Waals surface area contributed by atoms with Gasteiger partial charge >= 0.3 is 0 Å². The summed E-state index contributed by atoms with van der Waals surface area (Å²) in [4.78, 5) is 0. The van der Waals surface area contributed by atoms with Crippen LogP contribution in [0.4, 0.5) is 0 Å². The van der Waals surface area contributed by atoms with Gasteiger partial charge in [-0.3, -0.25) is 0 Å². The normalized spacial score (nSPS) is 18.3. The van der Waals surface area contributed by atoms with Crippen LogP contribution in [0.2, 0.25) is 0 Å². The molecule has 0 aliphatic carbocycles. The molecule has 0 aromatic heterocycles. The van der Waals surface area contributed by atoms with E-state index in [1.54, 1.807) is 11.8 Å². The fourth-order valence-corrected chi connectivity index (χ4v) is 0.859. The Morgan fingerprint density at radius 3 is 3.43 bits per heavy atom. The molecule has 0 atom stereocenters. The van der Waals surface area contributed by atoms with E-state index in [0.717, 1.165) is 5.88 Å². The Balaban J connectivity index is 2.39. The minimum absolute atomic E-state index is 0.993. The molecule has 1 aliphatic heterocycles. The molecule has 0 bridgehead atoms. The predicted octanol–water partition coefficient (Wildman–Crippen LogP) is 1.31. The van der Waals surface area contributed by atoms with Gasteiger partial charge in [0.1, 0.15) is 0 Å². The van der Waals surface area contributed by atoms with Gasteiger partial charge in [0, 0.05) is 0 Å². The van der Waals surface area contributed by atoms with Crippen molar-refractivity contribution in [1.29, 1.82) is 0 Å². The molecular formula is C5H7NS. The molecule has 1 rings (SSSR count). The van der Waals surface area contributed by atoms with Crippen LogP contribution in [-0.4, -0.2) is 5.88 Å². The highest BCUT2D eigenvalue weighted by Crippen LogP contribution is 2.00. The first-order valence-electron chi connectivity index (χ1n) is 2.17. The summed E-state index contributed by atoms with van der Waals surface area (Å²) in [5.74, 6) is 0.993. The lowest BCUT2D eigenvalue weighted by molar-refractivity contribution is 1.07. The van der Waals surface area contributed by atoms with Crippen LogP contribution in [0, 0.1) is 0 Å². The molecule has 0 saturated carbocycles. The van der Waals surface area contributed by atoms with E-state index in [4.69, 9.17) is 0 Å². The van der Waals surface area contributed by atoms with Gasteiger partial charge in [0.2, 0.25) is 0 Å². The molecule has 0 unspecified atom stereocenters. The number of rotatable bonds is 0. The SMILES string of the molecule is C1=CNCSC=C1. The molecule has 7 heavy (non-hydrogen) atoms. The fraction of sp³-hybridized carbons (Fsp3) is 0.200. The Kier molecular flexibility index (Phi) is 1.88. The molecule has 0 amide bonds. The largest absolute Gasteiger partial charge is 0.382 e. The van der Waals surface area contributed by atoms with Crippen molar-refractivity contribution in [3.05, 3.63) is 23.8 Å². The Labute approximate surface area is 47.5 Å². The van der Waals surface area contributed by atoms with Crippen LogP contribution in [0.15, 0.2) is 23.8 Å². The van der Waals surface area contributed by atoms with E-state index in [9.17, 15) is 0 Å². The lowest BCUT2D eigenvalue weighted by Crippen LogP contribution is -1.99. The molecule has 1 N–H and O–H groups in total. The maximum absolute atomic E-state index is 3.07. The maximum atomic E-state index is 3.07. The Morgan fingerprint density at radius 1 is 1.43 bits per heavy atom. The predicted molar refractivity (Wildman–Crippen MR) is 33.9 cm³/mol. The zero-order valence-electron chi connectivity index (χ0n) is 3.92. The standard InChI is InChI=1S/C5H7NS/c1-2-4-7-5-6-3-1/h1-4,6H,5H2. The lowest BCUT2D eigenvalue weighted by Gasteiger charge is -1.88. The minimum atomic E-state index is 0.993. The van der Waals surface area contributed by atoms with Gasteiger partial charge < -0.3 is 5.32 Å². The smallest absolute Gasteiger partial charge is 0.0645 e. The van der Waals surface area contributed by atoms with Crippen molar-refractivity contribution in [2.24, 2.45) is 0 Å². The van der Waals surface area contributed by atoms with E-state index in [1.807, 2.05) is 18.4 Å². The molecular weight excluding hydrogens is 106 g/mol. The molecule has 0 saturated heterocycles. The molecule has 1 nitrogen and oxygen atoms in total. The van der Waals surface area contributed by atoms with Crippen molar-refractivity contribution in [2.45, 2.75) is 0 Å². The zero-order valence-corrected chi connectivity index (χ0v) is 4.74. The number of hydrogen-bond acceptors (Lipinski definition) is 2. The zero-order chi connectivity index (χ0) is 4.95. The summed E-state index contributed by atoms with van der Waals surface area (Å²) in [6.07, 6.45) is 5.95. The van der Waals surface area contributed by atoms with E-state index in [0.29, 0.717) is 0 Å². The first-order chi connectivity index (χ1) is 3.50. The van der Waals surface area contributed by atoms with Gasteiger partial charge in [-0.25, -0.2) is 0 Å². The molecule has 2 heteroatoms. The monoisotopic (exact) mass is 113 g/mol. The summed E-state index contributed by atoms with van der Waals surface area (Å²) in [7, 11) is 0. The van der Waals surface area contributed by atoms with Gasteiger partial charge in [0.15, 0.2) is 0 Å². The molecule has 1 heterocycles. The van der Waals surface area contributed by atoms with Crippen LogP contribution in [0.3, 0.4) is 0 Å². The Hall–Kier alpha value is -0.370. The maximum Gasteiger partial charge on any atom is 0.0645 e. The number of allylic oxidation sites excluding steroid dienone is 2. The van der Waals surface area contributed by atoms with E-state index in [-0.39, 0.29) is 0 Å². The van der Waals surface area contributed by atoms with Crippen molar-refractivity contribution < 1.29 is 0 Å². The minimum Gasteiger partial charge on any atom is -0.382 e. The summed E-state index contributed by atoms with van der Waals surface area (Å²) in [6.45, 7) is 0. The Morgan fingerprint density at radius 2 is 2.43 bits per heavy atom. The third kappa shape index (κ3) is 1.69. The Bertz CT molecular complexity index is 84.3. The van der Waals surface area contributed by atoms with Crippen molar-refractivity contribution in [3.8, 4) is 0 Å². The molecule has 0 aromatic rings. The summed E-state index contributed by atoms with van der Waals surface area (Å²) < 4.78 is 0.